The minimum atomic E-state index is 0.115. The predicted molar refractivity (Wildman–Crippen MR) is 65.3 cm³/mol. The van der Waals surface area contributed by atoms with Gasteiger partial charge in [0, 0.05) is 32.4 Å². The smallest absolute Gasteiger partial charge is 0.244 e. The quantitative estimate of drug-likeness (QED) is 0.779. The van der Waals surface area contributed by atoms with Gasteiger partial charge in [-0.3, -0.25) is 9.48 Å². The van der Waals surface area contributed by atoms with Crippen LogP contribution < -0.4 is 5.73 Å². The van der Waals surface area contributed by atoms with E-state index in [0.29, 0.717) is 5.69 Å². The van der Waals surface area contributed by atoms with Crippen LogP contribution in [0.1, 0.15) is 6.92 Å². The summed E-state index contributed by atoms with van der Waals surface area (Å²) in [6.07, 6.45) is 3.24. The fourth-order valence-electron chi connectivity index (χ4n) is 2.02. The molecule has 17 heavy (non-hydrogen) atoms. The van der Waals surface area contributed by atoms with Crippen molar-refractivity contribution < 1.29 is 4.79 Å². The van der Waals surface area contributed by atoms with Crippen LogP contribution in [0.15, 0.2) is 12.4 Å². The first-order chi connectivity index (χ1) is 8.19. The number of nitrogens with zero attached hydrogens (tertiary/aromatic N) is 4. The van der Waals surface area contributed by atoms with E-state index >= 15 is 0 Å². The van der Waals surface area contributed by atoms with E-state index in [-0.39, 0.29) is 12.5 Å². The number of likely N-dealkylation sites (N-methyl/N-ethyl adjacent to an activating group) is 1. The summed E-state index contributed by atoms with van der Waals surface area (Å²) in [4.78, 5) is 16.2. The molecule has 0 atom stereocenters. The molecule has 1 amide bonds. The topological polar surface area (TPSA) is 67.4 Å². The van der Waals surface area contributed by atoms with E-state index in [2.05, 4.69) is 16.9 Å². The summed E-state index contributed by atoms with van der Waals surface area (Å²) >= 11 is 0. The number of hydrogen-bond donors (Lipinski definition) is 1. The van der Waals surface area contributed by atoms with Crippen molar-refractivity contribution in [2.45, 2.75) is 13.5 Å². The lowest BCUT2D eigenvalue weighted by Gasteiger charge is -2.34. The highest BCUT2D eigenvalue weighted by Crippen LogP contribution is 2.04. The lowest BCUT2D eigenvalue weighted by Crippen LogP contribution is -2.49. The Hall–Kier alpha value is -1.56. The molecule has 0 saturated carbocycles. The number of carbonyl (C=O) groups is 1. The molecule has 0 aromatic carbocycles. The van der Waals surface area contributed by atoms with Gasteiger partial charge in [0.05, 0.1) is 11.9 Å². The number of amides is 1. The third-order valence-corrected chi connectivity index (χ3v) is 3.12. The number of hydrogen-bond acceptors (Lipinski definition) is 4. The third kappa shape index (κ3) is 2.97. The maximum Gasteiger partial charge on any atom is 0.244 e. The molecule has 0 bridgehead atoms. The van der Waals surface area contributed by atoms with E-state index in [1.807, 2.05) is 4.90 Å². The molecule has 6 heteroatoms. The number of piperazine rings is 1. The summed E-state index contributed by atoms with van der Waals surface area (Å²) in [5, 5.41) is 4.02. The molecule has 1 fully saturated rings. The van der Waals surface area contributed by atoms with Crippen LogP contribution in [0.5, 0.6) is 0 Å². The SMILES string of the molecule is CCN1CCN(C(=O)Cn2cc(N)cn2)CC1. The second kappa shape index (κ2) is 5.18. The molecule has 1 aliphatic rings. The molecule has 0 aliphatic carbocycles. The Bertz CT molecular complexity index is 381. The minimum absolute atomic E-state index is 0.115. The number of rotatable bonds is 3. The van der Waals surface area contributed by atoms with Gasteiger partial charge in [-0.2, -0.15) is 5.10 Å². The van der Waals surface area contributed by atoms with Gasteiger partial charge in [-0.05, 0) is 6.54 Å². The molecular formula is C11H19N5O. The summed E-state index contributed by atoms with van der Waals surface area (Å²) in [5.74, 6) is 0.115. The normalized spacial score (nSPS) is 17.4. The second-order valence-corrected chi connectivity index (χ2v) is 4.29. The first-order valence-electron chi connectivity index (χ1n) is 5.97. The lowest BCUT2D eigenvalue weighted by molar-refractivity contribution is -0.133. The van der Waals surface area contributed by atoms with Crippen molar-refractivity contribution in [3.8, 4) is 0 Å². The molecule has 2 rings (SSSR count). The molecule has 2 heterocycles. The highest BCUT2D eigenvalue weighted by Gasteiger charge is 2.20. The molecule has 1 aromatic heterocycles. The number of anilines is 1. The zero-order valence-corrected chi connectivity index (χ0v) is 10.2. The molecule has 0 radical (unpaired) electrons. The summed E-state index contributed by atoms with van der Waals surface area (Å²) in [6.45, 7) is 7.02. The molecule has 1 saturated heterocycles. The van der Waals surface area contributed by atoms with E-state index in [1.54, 1.807) is 17.1 Å². The zero-order valence-electron chi connectivity index (χ0n) is 10.2. The maximum atomic E-state index is 12.0. The lowest BCUT2D eigenvalue weighted by atomic mass is 10.3. The molecule has 0 spiro atoms. The molecule has 1 aromatic rings. The Balaban J connectivity index is 1.85. The van der Waals surface area contributed by atoms with E-state index in [9.17, 15) is 4.79 Å². The average Bonchev–Trinajstić information content (AvgIpc) is 2.75. The fraction of sp³-hybridized carbons (Fsp3) is 0.636. The van der Waals surface area contributed by atoms with Crippen LogP contribution in [0.2, 0.25) is 0 Å². The van der Waals surface area contributed by atoms with Crippen molar-refractivity contribution in [2.75, 3.05) is 38.5 Å². The molecule has 2 N–H and O–H groups in total. The van der Waals surface area contributed by atoms with Gasteiger partial charge >= 0.3 is 0 Å². The third-order valence-electron chi connectivity index (χ3n) is 3.12. The number of aromatic nitrogens is 2. The van der Waals surface area contributed by atoms with Gasteiger partial charge in [-0.1, -0.05) is 6.92 Å². The largest absolute Gasteiger partial charge is 0.396 e. The van der Waals surface area contributed by atoms with Crippen molar-refractivity contribution in [1.29, 1.82) is 0 Å². The Kier molecular flexibility index (Phi) is 3.63. The van der Waals surface area contributed by atoms with Crippen LogP contribution in [0.25, 0.3) is 0 Å². The van der Waals surface area contributed by atoms with Crippen LogP contribution in [-0.4, -0.2) is 58.2 Å². The summed E-state index contributed by atoms with van der Waals surface area (Å²) < 4.78 is 1.59. The highest BCUT2D eigenvalue weighted by molar-refractivity contribution is 5.76. The minimum Gasteiger partial charge on any atom is -0.396 e. The van der Waals surface area contributed by atoms with Crippen molar-refractivity contribution in [3.63, 3.8) is 0 Å². The molecule has 1 aliphatic heterocycles. The first kappa shape index (κ1) is 11.9. The first-order valence-corrected chi connectivity index (χ1v) is 5.97. The van der Waals surface area contributed by atoms with Gasteiger partial charge in [0.2, 0.25) is 5.91 Å². The van der Waals surface area contributed by atoms with E-state index in [1.165, 1.54) is 0 Å². The van der Waals surface area contributed by atoms with Gasteiger partial charge in [-0.25, -0.2) is 0 Å². The van der Waals surface area contributed by atoms with Crippen LogP contribution in [0.4, 0.5) is 5.69 Å². The van der Waals surface area contributed by atoms with Crippen LogP contribution >= 0.6 is 0 Å². The maximum absolute atomic E-state index is 12.0. The number of carbonyl (C=O) groups excluding carboxylic acids is 1. The summed E-state index contributed by atoms with van der Waals surface area (Å²) in [6, 6.07) is 0. The number of nitrogens with two attached hydrogens (primary N) is 1. The Morgan fingerprint density at radius 1 is 1.41 bits per heavy atom. The summed E-state index contributed by atoms with van der Waals surface area (Å²) in [7, 11) is 0. The Morgan fingerprint density at radius 2 is 2.12 bits per heavy atom. The highest BCUT2D eigenvalue weighted by atomic mass is 16.2. The van der Waals surface area contributed by atoms with E-state index < -0.39 is 0 Å². The van der Waals surface area contributed by atoms with Crippen LogP contribution in [0, 0.1) is 0 Å². The van der Waals surface area contributed by atoms with Crippen molar-refractivity contribution in [3.05, 3.63) is 12.4 Å². The molecule has 0 unspecified atom stereocenters. The van der Waals surface area contributed by atoms with E-state index in [4.69, 9.17) is 5.73 Å². The van der Waals surface area contributed by atoms with Crippen molar-refractivity contribution in [1.82, 2.24) is 19.6 Å². The van der Waals surface area contributed by atoms with Crippen LogP contribution in [0.3, 0.4) is 0 Å². The predicted octanol–water partition coefficient (Wildman–Crippen LogP) is -0.371. The Labute approximate surface area is 101 Å². The van der Waals surface area contributed by atoms with Crippen LogP contribution in [-0.2, 0) is 11.3 Å². The molecular weight excluding hydrogens is 218 g/mol. The van der Waals surface area contributed by atoms with Gasteiger partial charge in [0.1, 0.15) is 6.54 Å². The molecule has 94 valence electrons. The van der Waals surface area contributed by atoms with Crippen molar-refractivity contribution in [2.24, 2.45) is 0 Å². The average molecular weight is 237 g/mol. The van der Waals surface area contributed by atoms with Gasteiger partial charge in [0.25, 0.3) is 0 Å². The van der Waals surface area contributed by atoms with Gasteiger partial charge in [-0.15, -0.1) is 0 Å². The number of nitrogen functional groups attached to an aromatic ring is 1. The monoisotopic (exact) mass is 237 g/mol. The standard InChI is InChI=1S/C11H19N5O/c1-2-14-3-5-15(6-4-14)11(17)9-16-8-10(12)7-13-16/h7-8H,2-6,9,12H2,1H3. The summed E-state index contributed by atoms with van der Waals surface area (Å²) in [5.41, 5.74) is 6.15. The Morgan fingerprint density at radius 3 is 2.65 bits per heavy atom. The fourth-order valence-corrected chi connectivity index (χ4v) is 2.02. The zero-order chi connectivity index (χ0) is 12.3. The second-order valence-electron chi connectivity index (χ2n) is 4.29. The van der Waals surface area contributed by atoms with Gasteiger partial charge < -0.3 is 15.5 Å². The van der Waals surface area contributed by atoms with E-state index in [0.717, 1.165) is 32.7 Å². The molecule has 6 nitrogen and oxygen atoms in total. The van der Waals surface area contributed by atoms with Crippen molar-refractivity contribution >= 4 is 11.6 Å². The van der Waals surface area contributed by atoms with Gasteiger partial charge in [0.15, 0.2) is 0 Å².